The first-order valence-corrected chi connectivity index (χ1v) is 5.33. The van der Waals surface area contributed by atoms with Crippen LogP contribution in [0.15, 0.2) is 4.79 Å². The van der Waals surface area contributed by atoms with E-state index in [2.05, 4.69) is 9.97 Å². The van der Waals surface area contributed by atoms with E-state index in [1.54, 1.807) is 0 Å². The molecule has 84 valence electrons. The number of aryl methyl sites for hydroxylation is 1. The maximum atomic E-state index is 11.8. The van der Waals surface area contributed by atoms with Crippen LogP contribution in [0.2, 0.25) is 0 Å². The minimum atomic E-state index is -0.183. The molecule has 0 saturated heterocycles. The maximum Gasteiger partial charge on any atom is 0.254 e. The van der Waals surface area contributed by atoms with Crippen LogP contribution in [0.4, 0.5) is 0 Å². The van der Waals surface area contributed by atoms with Gasteiger partial charge in [0.1, 0.15) is 5.82 Å². The second-order valence-electron chi connectivity index (χ2n) is 4.12. The Balaban J connectivity index is 3.26. The van der Waals surface area contributed by atoms with Crippen molar-refractivity contribution in [1.29, 1.82) is 0 Å². The van der Waals surface area contributed by atoms with Gasteiger partial charge in [-0.3, -0.25) is 4.79 Å². The summed E-state index contributed by atoms with van der Waals surface area (Å²) in [6.45, 7) is 7.80. The van der Waals surface area contributed by atoms with Gasteiger partial charge in [0, 0.05) is 11.3 Å². The summed E-state index contributed by atoms with van der Waals surface area (Å²) < 4.78 is 0. The van der Waals surface area contributed by atoms with E-state index in [0.717, 1.165) is 17.7 Å². The van der Waals surface area contributed by atoms with Crippen molar-refractivity contribution in [2.75, 3.05) is 0 Å². The molecule has 1 rings (SSSR count). The number of hydrogen-bond acceptors (Lipinski definition) is 3. The SMILES string of the molecule is CCC(N)c1nc(C)c(C(C)C)c(=O)[nH]1. The summed E-state index contributed by atoms with van der Waals surface area (Å²) in [5, 5.41) is 0. The average molecular weight is 209 g/mol. The molecular weight excluding hydrogens is 190 g/mol. The van der Waals surface area contributed by atoms with Gasteiger partial charge in [-0.25, -0.2) is 4.98 Å². The highest BCUT2D eigenvalue weighted by atomic mass is 16.1. The van der Waals surface area contributed by atoms with Crippen molar-refractivity contribution in [3.05, 3.63) is 27.4 Å². The Morgan fingerprint density at radius 2 is 2.07 bits per heavy atom. The lowest BCUT2D eigenvalue weighted by Gasteiger charge is -2.12. The Morgan fingerprint density at radius 1 is 1.47 bits per heavy atom. The van der Waals surface area contributed by atoms with Crippen molar-refractivity contribution in [3.8, 4) is 0 Å². The molecule has 0 spiro atoms. The third-order valence-corrected chi connectivity index (χ3v) is 2.53. The normalized spacial score (nSPS) is 13.2. The fourth-order valence-corrected chi connectivity index (χ4v) is 1.67. The van der Waals surface area contributed by atoms with Crippen LogP contribution in [0.5, 0.6) is 0 Å². The first-order valence-electron chi connectivity index (χ1n) is 5.33. The Bertz CT molecular complexity index is 395. The lowest BCUT2D eigenvalue weighted by Crippen LogP contribution is -2.24. The Kier molecular flexibility index (Phi) is 3.63. The molecule has 15 heavy (non-hydrogen) atoms. The molecule has 1 heterocycles. The zero-order chi connectivity index (χ0) is 11.6. The fraction of sp³-hybridized carbons (Fsp3) is 0.636. The molecule has 0 aliphatic carbocycles. The molecule has 1 aromatic rings. The smallest absolute Gasteiger partial charge is 0.254 e. The van der Waals surface area contributed by atoms with Gasteiger partial charge in [0.15, 0.2) is 0 Å². The van der Waals surface area contributed by atoms with E-state index in [9.17, 15) is 4.79 Å². The molecule has 3 N–H and O–H groups in total. The van der Waals surface area contributed by atoms with Gasteiger partial charge >= 0.3 is 0 Å². The minimum Gasteiger partial charge on any atom is -0.321 e. The van der Waals surface area contributed by atoms with Gasteiger partial charge in [-0.15, -0.1) is 0 Å². The first-order chi connectivity index (χ1) is 6.97. The number of nitrogens with two attached hydrogens (primary N) is 1. The van der Waals surface area contributed by atoms with E-state index < -0.39 is 0 Å². The fourth-order valence-electron chi connectivity index (χ4n) is 1.67. The van der Waals surface area contributed by atoms with E-state index in [-0.39, 0.29) is 17.5 Å². The molecule has 1 aromatic heterocycles. The van der Waals surface area contributed by atoms with Crippen LogP contribution in [0, 0.1) is 6.92 Å². The topological polar surface area (TPSA) is 71.8 Å². The molecule has 0 amide bonds. The van der Waals surface area contributed by atoms with Crippen molar-refractivity contribution >= 4 is 0 Å². The molecule has 1 atom stereocenters. The number of hydrogen-bond donors (Lipinski definition) is 2. The summed E-state index contributed by atoms with van der Waals surface area (Å²) >= 11 is 0. The molecule has 0 radical (unpaired) electrons. The highest BCUT2D eigenvalue weighted by Gasteiger charge is 2.13. The van der Waals surface area contributed by atoms with Crippen molar-refractivity contribution in [3.63, 3.8) is 0 Å². The summed E-state index contributed by atoms with van der Waals surface area (Å²) in [7, 11) is 0. The first kappa shape index (κ1) is 11.9. The predicted octanol–water partition coefficient (Wildman–Crippen LogP) is 1.61. The van der Waals surface area contributed by atoms with E-state index in [0.29, 0.717) is 5.82 Å². The summed E-state index contributed by atoms with van der Waals surface area (Å²) in [6, 6.07) is -0.183. The number of nitrogens with one attached hydrogen (secondary N) is 1. The molecule has 0 aliphatic heterocycles. The van der Waals surface area contributed by atoms with Crippen LogP contribution in [0.1, 0.15) is 56.2 Å². The van der Waals surface area contributed by atoms with Crippen LogP contribution in [0.25, 0.3) is 0 Å². The summed E-state index contributed by atoms with van der Waals surface area (Å²) in [6.07, 6.45) is 0.767. The molecule has 0 aromatic carbocycles. The quantitative estimate of drug-likeness (QED) is 0.794. The zero-order valence-corrected chi connectivity index (χ0v) is 9.79. The Hall–Kier alpha value is -1.16. The van der Waals surface area contributed by atoms with E-state index >= 15 is 0 Å². The van der Waals surface area contributed by atoms with Gasteiger partial charge in [0.05, 0.1) is 6.04 Å². The summed E-state index contributed by atoms with van der Waals surface area (Å²) in [5.74, 6) is 0.776. The van der Waals surface area contributed by atoms with Crippen LogP contribution >= 0.6 is 0 Å². The molecule has 4 nitrogen and oxygen atoms in total. The van der Waals surface area contributed by atoms with Crippen molar-refractivity contribution in [2.45, 2.75) is 46.1 Å². The summed E-state index contributed by atoms with van der Waals surface area (Å²) in [4.78, 5) is 18.9. The van der Waals surface area contributed by atoms with Gasteiger partial charge in [0.25, 0.3) is 5.56 Å². The van der Waals surface area contributed by atoms with Crippen molar-refractivity contribution in [1.82, 2.24) is 9.97 Å². The van der Waals surface area contributed by atoms with Gasteiger partial charge in [-0.2, -0.15) is 0 Å². The van der Waals surface area contributed by atoms with Crippen LogP contribution < -0.4 is 11.3 Å². The third kappa shape index (κ3) is 2.45. The van der Waals surface area contributed by atoms with Crippen molar-refractivity contribution in [2.24, 2.45) is 5.73 Å². The molecule has 0 bridgehead atoms. The van der Waals surface area contributed by atoms with Crippen LogP contribution in [-0.2, 0) is 0 Å². The molecule has 0 saturated carbocycles. The highest BCUT2D eigenvalue weighted by Crippen LogP contribution is 2.14. The highest BCUT2D eigenvalue weighted by molar-refractivity contribution is 5.20. The van der Waals surface area contributed by atoms with E-state index in [1.807, 2.05) is 27.7 Å². The van der Waals surface area contributed by atoms with Crippen LogP contribution in [0.3, 0.4) is 0 Å². The Labute approximate surface area is 89.9 Å². The number of H-pyrrole nitrogens is 1. The van der Waals surface area contributed by atoms with Crippen LogP contribution in [-0.4, -0.2) is 9.97 Å². The largest absolute Gasteiger partial charge is 0.321 e. The number of aromatic nitrogens is 2. The standard InChI is InChI=1S/C11H19N3O/c1-5-8(12)10-13-7(4)9(6(2)3)11(15)14-10/h6,8H,5,12H2,1-4H3,(H,13,14,15). The summed E-state index contributed by atoms with van der Waals surface area (Å²) in [5.41, 5.74) is 7.30. The second kappa shape index (κ2) is 4.57. The molecule has 0 fully saturated rings. The van der Waals surface area contributed by atoms with Gasteiger partial charge in [-0.1, -0.05) is 20.8 Å². The average Bonchev–Trinajstić information content (AvgIpc) is 2.14. The van der Waals surface area contributed by atoms with Gasteiger partial charge < -0.3 is 10.7 Å². The molecular formula is C11H19N3O. The lowest BCUT2D eigenvalue weighted by atomic mass is 10.0. The molecule has 0 aliphatic rings. The number of rotatable bonds is 3. The van der Waals surface area contributed by atoms with Crippen molar-refractivity contribution < 1.29 is 0 Å². The number of aromatic amines is 1. The van der Waals surface area contributed by atoms with Gasteiger partial charge in [0.2, 0.25) is 0 Å². The van der Waals surface area contributed by atoms with E-state index in [4.69, 9.17) is 5.73 Å². The third-order valence-electron chi connectivity index (χ3n) is 2.53. The number of nitrogens with zero attached hydrogens (tertiary/aromatic N) is 1. The molecule has 4 heteroatoms. The zero-order valence-electron chi connectivity index (χ0n) is 9.79. The molecule has 1 unspecified atom stereocenters. The monoisotopic (exact) mass is 209 g/mol. The predicted molar refractivity (Wildman–Crippen MR) is 60.9 cm³/mol. The maximum absolute atomic E-state index is 11.8. The van der Waals surface area contributed by atoms with E-state index in [1.165, 1.54) is 0 Å². The lowest BCUT2D eigenvalue weighted by molar-refractivity contribution is 0.634. The second-order valence-corrected chi connectivity index (χ2v) is 4.12. The Morgan fingerprint density at radius 3 is 2.47 bits per heavy atom. The minimum absolute atomic E-state index is 0.0589. The van der Waals surface area contributed by atoms with Gasteiger partial charge in [-0.05, 0) is 19.3 Å².